The molecular formula is C24H32N4O4S3. The molecule has 0 bridgehead atoms. The maximum Gasteiger partial charge on any atom is 0.341 e. The molecule has 0 aromatic carbocycles. The molecule has 1 fully saturated rings. The maximum absolute atomic E-state index is 12.9. The molecule has 1 unspecified atom stereocenters. The van der Waals surface area contributed by atoms with Crippen molar-refractivity contribution in [2.45, 2.75) is 87.6 Å². The molecule has 11 heteroatoms. The van der Waals surface area contributed by atoms with E-state index in [4.69, 9.17) is 4.74 Å². The Hall–Kier alpha value is -1.98. The van der Waals surface area contributed by atoms with Crippen LogP contribution < -0.4 is 10.6 Å². The number of ether oxygens (including phenoxy) is 1. The summed E-state index contributed by atoms with van der Waals surface area (Å²) in [7, 11) is 0. The van der Waals surface area contributed by atoms with Gasteiger partial charge in [-0.25, -0.2) is 4.79 Å². The zero-order valence-corrected chi connectivity index (χ0v) is 22.6. The van der Waals surface area contributed by atoms with E-state index in [0.29, 0.717) is 39.0 Å². The summed E-state index contributed by atoms with van der Waals surface area (Å²) in [5.41, 5.74) is 1.51. The van der Waals surface area contributed by atoms with E-state index in [1.54, 1.807) is 13.8 Å². The molecule has 4 rings (SSSR count). The second-order valence-corrected chi connectivity index (χ2v) is 12.7. The number of thiophene rings is 1. The van der Waals surface area contributed by atoms with Crippen molar-refractivity contribution in [3.8, 4) is 0 Å². The van der Waals surface area contributed by atoms with Gasteiger partial charge in [0.1, 0.15) is 5.00 Å². The quantitative estimate of drug-likeness (QED) is 0.228. The van der Waals surface area contributed by atoms with Gasteiger partial charge < -0.3 is 15.4 Å². The summed E-state index contributed by atoms with van der Waals surface area (Å²) in [5, 5.41) is 14.5. The monoisotopic (exact) mass is 536 g/mol. The number of rotatable bonds is 10. The minimum absolute atomic E-state index is 0.0358. The number of aromatic nitrogens is 2. The lowest BCUT2D eigenvalue weighted by Crippen LogP contribution is -2.23. The van der Waals surface area contributed by atoms with Gasteiger partial charge in [-0.2, -0.15) is 0 Å². The summed E-state index contributed by atoms with van der Waals surface area (Å²) in [6, 6.07) is 0. The highest BCUT2D eigenvalue weighted by atomic mass is 32.2. The van der Waals surface area contributed by atoms with E-state index >= 15 is 0 Å². The highest BCUT2D eigenvalue weighted by molar-refractivity contribution is 8.02. The third-order valence-corrected chi connectivity index (χ3v) is 9.67. The number of hydrogen-bond acceptors (Lipinski definition) is 9. The highest BCUT2D eigenvalue weighted by Gasteiger charge is 2.29. The minimum atomic E-state index is -0.454. The Morgan fingerprint density at radius 1 is 1.09 bits per heavy atom. The maximum atomic E-state index is 12.9. The van der Waals surface area contributed by atoms with Gasteiger partial charge >= 0.3 is 5.97 Å². The van der Waals surface area contributed by atoms with Crippen LogP contribution in [0.15, 0.2) is 4.34 Å². The number of anilines is 2. The van der Waals surface area contributed by atoms with Crippen LogP contribution in [0.3, 0.4) is 0 Å². The molecule has 1 saturated carbocycles. The molecule has 190 valence electrons. The molecule has 2 amide bonds. The number of fused-ring (bicyclic) bond motifs is 1. The van der Waals surface area contributed by atoms with Gasteiger partial charge in [0, 0.05) is 11.3 Å². The van der Waals surface area contributed by atoms with Crippen LogP contribution in [0.2, 0.25) is 0 Å². The fourth-order valence-electron chi connectivity index (χ4n) is 4.63. The van der Waals surface area contributed by atoms with E-state index in [2.05, 4.69) is 20.8 Å². The van der Waals surface area contributed by atoms with Gasteiger partial charge in [-0.15, -0.1) is 21.5 Å². The normalized spacial score (nSPS) is 16.5. The van der Waals surface area contributed by atoms with Gasteiger partial charge in [0.25, 0.3) is 0 Å². The number of thioether (sulfide) groups is 1. The molecule has 2 aliphatic carbocycles. The molecule has 2 N–H and O–H groups in total. The van der Waals surface area contributed by atoms with Crippen LogP contribution >= 0.6 is 34.4 Å². The fourth-order valence-corrected chi connectivity index (χ4v) is 7.82. The molecule has 35 heavy (non-hydrogen) atoms. The zero-order chi connectivity index (χ0) is 24.8. The van der Waals surface area contributed by atoms with Gasteiger partial charge in [0.05, 0.1) is 17.4 Å². The molecule has 0 saturated heterocycles. The van der Waals surface area contributed by atoms with Crippen molar-refractivity contribution in [3.63, 3.8) is 0 Å². The van der Waals surface area contributed by atoms with Gasteiger partial charge in [-0.05, 0) is 51.0 Å². The largest absolute Gasteiger partial charge is 0.462 e. The van der Waals surface area contributed by atoms with E-state index < -0.39 is 5.25 Å². The first-order chi connectivity index (χ1) is 16.9. The number of aryl methyl sites for hydroxylation is 1. The van der Waals surface area contributed by atoms with Crippen LogP contribution in [-0.2, 0) is 27.2 Å². The second kappa shape index (κ2) is 12.3. The van der Waals surface area contributed by atoms with E-state index in [-0.39, 0.29) is 17.8 Å². The average Bonchev–Trinajstić information content (AvgIpc) is 3.55. The molecule has 2 aromatic heterocycles. The van der Waals surface area contributed by atoms with E-state index in [1.165, 1.54) is 66.5 Å². The summed E-state index contributed by atoms with van der Waals surface area (Å²) < 4.78 is 5.84. The Kier molecular flexibility index (Phi) is 9.18. The topological polar surface area (TPSA) is 110 Å². The molecule has 0 radical (unpaired) electrons. The third kappa shape index (κ3) is 6.83. The summed E-state index contributed by atoms with van der Waals surface area (Å²) in [6.07, 6.45) is 10.5. The summed E-state index contributed by atoms with van der Waals surface area (Å²) in [5.74, 6) is 0.0267. The number of amides is 2. The smallest absolute Gasteiger partial charge is 0.341 e. The third-order valence-electron chi connectivity index (χ3n) is 6.44. The Labute approximate surface area is 218 Å². The van der Waals surface area contributed by atoms with Crippen LogP contribution in [-0.4, -0.2) is 39.8 Å². The fraction of sp³-hybridized carbons (Fsp3) is 0.625. The Morgan fingerprint density at radius 3 is 2.66 bits per heavy atom. The molecule has 1 atom stereocenters. The van der Waals surface area contributed by atoms with Crippen LogP contribution in [0.5, 0.6) is 0 Å². The average molecular weight is 537 g/mol. The van der Waals surface area contributed by atoms with Crippen molar-refractivity contribution in [1.29, 1.82) is 0 Å². The molecule has 8 nitrogen and oxygen atoms in total. The van der Waals surface area contributed by atoms with E-state index in [0.717, 1.165) is 36.1 Å². The summed E-state index contributed by atoms with van der Waals surface area (Å²) in [4.78, 5) is 38.9. The van der Waals surface area contributed by atoms with Crippen LogP contribution in [0, 0.1) is 5.92 Å². The molecule has 2 aromatic rings. The first-order valence-electron chi connectivity index (χ1n) is 12.4. The van der Waals surface area contributed by atoms with Crippen molar-refractivity contribution < 1.29 is 19.1 Å². The lowest BCUT2D eigenvalue weighted by molar-refractivity contribution is -0.117. The Morgan fingerprint density at radius 2 is 1.89 bits per heavy atom. The molecule has 0 aliphatic heterocycles. The van der Waals surface area contributed by atoms with Gasteiger partial charge in [0.2, 0.25) is 16.9 Å². The predicted molar refractivity (Wildman–Crippen MR) is 141 cm³/mol. The predicted octanol–water partition coefficient (Wildman–Crippen LogP) is 5.68. The number of nitrogens with zero attached hydrogens (tertiary/aromatic N) is 2. The van der Waals surface area contributed by atoms with Crippen molar-refractivity contribution in [2.75, 3.05) is 17.2 Å². The minimum Gasteiger partial charge on any atom is -0.462 e. The van der Waals surface area contributed by atoms with E-state index in [9.17, 15) is 14.4 Å². The van der Waals surface area contributed by atoms with Crippen molar-refractivity contribution in [2.24, 2.45) is 5.92 Å². The Bertz CT molecular complexity index is 1060. The van der Waals surface area contributed by atoms with Gasteiger partial charge in [-0.1, -0.05) is 55.2 Å². The number of nitrogens with one attached hydrogen (secondary N) is 2. The van der Waals surface area contributed by atoms with Crippen molar-refractivity contribution >= 4 is 62.4 Å². The van der Waals surface area contributed by atoms with Crippen LogP contribution in [0.1, 0.15) is 86.0 Å². The Balaban J connectivity index is 1.29. The van der Waals surface area contributed by atoms with Gasteiger partial charge in [-0.3, -0.25) is 9.59 Å². The first-order valence-corrected chi connectivity index (χ1v) is 14.9. The summed E-state index contributed by atoms with van der Waals surface area (Å²) >= 11 is 4.01. The molecule has 0 spiro atoms. The standard InChI is InChI=1S/C24H32N4O4S3/c1-3-32-22(31)19-16-10-7-11-17(16)34-21(19)26-20(30)14(2)33-24-28-27-23(35-24)25-18(29)13-12-15-8-5-4-6-9-15/h14-15H,3-13H2,1-2H3,(H,26,30)(H,25,27,29). The molecule has 2 aliphatic rings. The summed E-state index contributed by atoms with van der Waals surface area (Å²) in [6.45, 7) is 3.85. The van der Waals surface area contributed by atoms with E-state index in [1.807, 2.05) is 0 Å². The van der Waals surface area contributed by atoms with Gasteiger partial charge in [0.15, 0.2) is 4.34 Å². The van der Waals surface area contributed by atoms with Crippen LogP contribution in [0.25, 0.3) is 0 Å². The number of esters is 1. The number of carbonyl (C=O) groups is 3. The first kappa shape index (κ1) is 26.1. The molecule has 2 heterocycles. The second-order valence-electron chi connectivity index (χ2n) is 9.00. The zero-order valence-electron chi connectivity index (χ0n) is 20.2. The lowest BCUT2D eigenvalue weighted by atomic mass is 9.86. The highest BCUT2D eigenvalue weighted by Crippen LogP contribution is 2.40. The molecular weight excluding hydrogens is 504 g/mol. The number of carbonyl (C=O) groups excluding carboxylic acids is 3. The lowest BCUT2D eigenvalue weighted by Gasteiger charge is -2.20. The number of hydrogen-bond donors (Lipinski definition) is 2. The van der Waals surface area contributed by atoms with Crippen molar-refractivity contribution in [3.05, 3.63) is 16.0 Å². The van der Waals surface area contributed by atoms with Crippen molar-refractivity contribution in [1.82, 2.24) is 10.2 Å². The SMILES string of the molecule is CCOC(=O)c1c(NC(=O)C(C)Sc2nnc(NC(=O)CCC3CCCCC3)s2)sc2c1CCC2. The van der Waals surface area contributed by atoms with Crippen LogP contribution in [0.4, 0.5) is 10.1 Å².